The van der Waals surface area contributed by atoms with Crippen molar-refractivity contribution in [3.05, 3.63) is 47.6 Å². The molecule has 0 spiro atoms. The fourth-order valence-electron chi connectivity index (χ4n) is 1.02. The third kappa shape index (κ3) is 2.06. The summed E-state index contributed by atoms with van der Waals surface area (Å²) in [4.78, 5) is 3.78. The van der Waals surface area contributed by atoms with Gasteiger partial charge in [-0.1, -0.05) is 23.7 Å². The Labute approximate surface area is 86.3 Å². The minimum atomic E-state index is 0.337. The average Bonchev–Trinajstić information content (AvgIpc) is 2.69. The molecule has 0 fully saturated rings. The van der Waals surface area contributed by atoms with Gasteiger partial charge in [0.1, 0.15) is 12.4 Å². The van der Waals surface area contributed by atoms with Gasteiger partial charge in [-0.15, -0.1) is 0 Å². The van der Waals surface area contributed by atoms with Crippen molar-refractivity contribution < 1.29 is 9.15 Å². The molecule has 0 aliphatic rings. The number of hydrogen-bond acceptors (Lipinski definition) is 3. The molecule has 4 heteroatoms. The van der Waals surface area contributed by atoms with Crippen molar-refractivity contribution in [2.75, 3.05) is 0 Å². The van der Waals surface area contributed by atoms with Gasteiger partial charge in [-0.05, 0) is 12.1 Å². The smallest absolute Gasteiger partial charge is 0.181 e. The topological polar surface area (TPSA) is 35.3 Å². The van der Waals surface area contributed by atoms with Gasteiger partial charge in [0.2, 0.25) is 0 Å². The van der Waals surface area contributed by atoms with E-state index in [9.17, 15) is 0 Å². The molecule has 2 aromatic rings. The van der Waals surface area contributed by atoms with Crippen LogP contribution in [0.5, 0.6) is 5.75 Å². The van der Waals surface area contributed by atoms with Crippen LogP contribution in [0.4, 0.5) is 0 Å². The highest BCUT2D eigenvalue weighted by Crippen LogP contribution is 2.23. The fourth-order valence-corrected chi connectivity index (χ4v) is 1.21. The van der Waals surface area contributed by atoms with Crippen LogP contribution in [0.25, 0.3) is 0 Å². The Morgan fingerprint density at radius 1 is 1.36 bits per heavy atom. The number of para-hydroxylation sites is 1. The van der Waals surface area contributed by atoms with E-state index in [0.29, 0.717) is 23.1 Å². The molecule has 14 heavy (non-hydrogen) atoms. The summed E-state index contributed by atoms with van der Waals surface area (Å²) >= 11 is 5.89. The lowest BCUT2D eigenvalue weighted by Crippen LogP contribution is -1.93. The van der Waals surface area contributed by atoms with Crippen molar-refractivity contribution in [3.63, 3.8) is 0 Å². The number of halogens is 1. The Kier molecular flexibility index (Phi) is 2.70. The maximum Gasteiger partial charge on any atom is 0.181 e. The van der Waals surface area contributed by atoms with E-state index >= 15 is 0 Å². The van der Waals surface area contributed by atoms with Gasteiger partial charge in [-0.2, -0.15) is 0 Å². The molecular formula is C10H8ClNO2. The Bertz CT molecular complexity index is 400. The van der Waals surface area contributed by atoms with Crippen LogP contribution >= 0.6 is 11.6 Å². The summed E-state index contributed by atoms with van der Waals surface area (Å²) in [5.41, 5.74) is 0. The van der Waals surface area contributed by atoms with E-state index in [1.165, 1.54) is 6.39 Å². The van der Waals surface area contributed by atoms with E-state index in [0.717, 1.165) is 0 Å². The zero-order valence-corrected chi connectivity index (χ0v) is 8.07. The molecule has 0 unspecified atom stereocenters. The van der Waals surface area contributed by atoms with Crippen LogP contribution in [0.3, 0.4) is 0 Å². The van der Waals surface area contributed by atoms with E-state index in [1.54, 1.807) is 18.3 Å². The zero-order valence-electron chi connectivity index (χ0n) is 7.31. The molecule has 1 aromatic heterocycles. The van der Waals surface area contributed by atoms with Crippen molar-refractivity contribution in [3.8, 4) is 5.75 Å². The van der Waals surface area contributed by atoms with Crippen LogP contribution in [-0.4, -0.2) is 4.98 Å². The lowest BCUT2D eigenvalue weighted by Gasteiger charge is -2.04. The van der Waals surface area contributed by atoms with Gasteiger partial charge in [-0.3, -0.25) is 0 Å². The lowest BCUT2D eigenvalue weighted by molar-refractivity contribution is 0.270. The van der Waals surface area contributed by atoms with E-state index in [1.807, 2.05) is 12.1 Å². The highest BCUT2D eigenvalue weighted by molar-refractivity contribution is 6.32. The predicted molar refractivity (Wildman–Crippen MR) is 52.3 cm³/mol. The number of nitrogens with zero attached hydrogens (tertiary/aromatic N) is 1. The normalized spacial score (nSPS) is 10.1. The highest BCUT2D eigenvalue weighted by Gasteiger charge is 2.01. The molecule has 0 N–H and O–H groups in total. The third-order valence-electron chi connectivity index (χ3n) is 1.69. The van der Waals surface area contributed by atoms with Crippen molar-refractivity contribution >= 4 is 11.6 Å². The van der Waals surface area contributed by atoms with Gasteiger partial charge >= 0.3 is 0 Å². The van der Waals surface area contributed by atoms with E-state index in [-0.39, 0.29) is 0 Å². The largest absolute Gasteiger partial charge is 0.484 e. The second-order valence-electron chi connectivity index (χ2n) is 2.69. The summed E-state index contributed by atoms with van der Waals surface area (Å²) in [7, 11) is 0. The molecule has 3 nitrogen and oxygen atoms in total. The first-order chi connectivity index (χ1) is 6.86. The Morgan fingerprint density at radius 3 is 2.93 bits per heavy atom. The Balaban J connectivity index is 2.02. The third-order valence-corrected chi connectivity index (χ3v) is 2.00. The summed E-state index contributed by atoms with van der Waals surface area (Å²) in [5.74, 6) is 1.32. The number of aromatic nitrogens is 1. The minimum absolute atomic E-state index is 0.337. The quantitative estimate of drug-likeness (QED) is 0.780. The van der Waals surface area contributed by atoms with Crippen LogP contribution < -0.4 is 4.74 Å². The molecule has 0 amide bonds. The minimum Gasteiger partial charge on any atom is -0.484 e. The van der Waals surface area contributed by atoms with E-state index < -0.39 is 0 Å². The fraction of sp³-hybridized carbons (Fsp3) is 0.100. The number of rotatable bonds is 3. The van der Waals surface area contributed by atoms with E-state index in [4.69, 9.17) is 20.8 Å². The Morgan fingerprint density at radius 2 is 2.21 bits per heavy atom. The van der Waals surface area contributed by atoms with Crippen molar-refractivity contribution in [1.29, 1.82) is 0 Å². The molecule has 0 aliphatic heterocycles. The molecule has 72 valence electrons. The summed E-state index contributed by atoms with van der Waals surface area (Å²) in [6.07, 6.45) is 2.97. The van der Waals surface area contributed by atoms with Crippen LogP contribution in [0.1, 0.15) is 5.76 Å². The number of benzene rings is 1. The maximum absolute atomic E-state index is 5.89. The molecule has 2 rings (SSSR count). The van der Waals surface area contributed by atoms with Gasteiger partial charge in [0.15, 0.2) is 12.2 Å². The van der Waals surface area contributed by atoms with Gasteiger partial charge in [0.05, 0.1) is 11.2 Å². The molecule has 0 atom stereocenters. The van der Waals surface area contributed by atoms with Crippen molar-refractivity contribution in [2.24, 2.45) is 0 Å². The van der Waals surface area contributed by atoms with Gasteiger partial charge in [0.25, 0.3) is 0 Å². The molecular weight excluding hydrogens is 202 g/mol. The molecule has 0 radical (unpaired) electrons. The number of hydrogen-bond donors (Lipinski definition) is 0. The molecule has 0 bridgehead atoms. The maximum atomic E-state index is 5.89. The number of oxazole rings is 1. The van der Waals surface area contributed by atoms with Crippen molar-refractivity contribution in [1.82, 2.24) is 4.98 Å². The average molecular weight is 210 g/mol. The first kappa shape index (κ1) is 9.09. The summed E-state index contributed by atoms with van der Waals surface area (Å²) in [6.45, 7) is 0.337. The highest BCUT2D eigenvalue weighted by atomic mass is 35.5. The zero-order chi connectivity index (χ0) is 9.80. The Hall–Kier alpha value is -1.48. The van der Waals surface area contributed by atoms with Gasteiger partial charge in [-0.25, -0.2) is 4.98 Å². The monoisotopic (exact) mass is 209 g/mol. The molecule has 0 saturated heterocycles. The summed E-state index contributed by atoms with van der Waals surface area (Å²) in [5, 5.41) is 0.590. The summed E-state index contributed by atoms with van der Waals surface area (Å²) in [6, 6.07) is 7.29. The van der Waals surface area contributed by atoms with Crippen LogP contribution in [0.15, 0.2) is 41.3 Å². The molecule has 1 heterocycles. The van der Waals surface area contributed by atoms with Crippen LogP contribution in [0.2, 0.25) is 5.02 Å². The lowest BCUT2D eigenvalue weighted by atomic mass is 10.3. The van der Waals surface area contributed by atoms with Crippen molar-refractivity contribution in [2.45, 2.75) is 6.61 Å². The van der Waals surface area contributed by atoms with Crippen LogP contribution in [-0.2, 0) is 6.61 Å². The first-order valence-electron chi connectivity index (χ1n) is 4.11. The van der Waals surface area contributed by atoms with Gasteiger partial charge in [0, 0.05) is 0 Å². The summed E-state index contributed by atoms with van der Waals surface area (Å²) < 4.78 is 10.4. The predicted octanol–water partition coefficient (Wildman–Crippen LogP) is 2.91. The standard InChI is InChI=1S/C10H8ClNO2/c11-9-3-1-2-4-10(9)13-6-8-5-12-7-14-8/h1-5,7H,6H2. The molecule has 0 saturated carbocycles. The van der Waals surface area contributed by atoms with Crippen LogP contribution in [0, 0.1) is 0 Å². The SMILES string of the molecule is Clc1ccccc1OCc1cnco1. The first-order valence-corrected chi connectivity index (χ1v) is 4.49. The van der Waals surface area contributed by atoms with Gasteiger partial charge < -0.3 is 9.15 Å². The molecule has 1 aromatic carbocycles. The second-order valence-corrected chi connectivity index (χ2v) is 3.09. The van der Waals surface area contributed by atoms with E-state index in [2.05, 4.69) is 4.98 Å². The number of ether oxygens (including phenoxy) is 1. The molecule has 0 aliphatic carbocycles. The second kappa shape index (κ2) is 4.15.